The molecule has 2 saturated heterocycles. The van der Waals surface area contributed by atoms with Gasteiger partial charge in [0.05, 0.1) is 0 Å². The average Bonchev–Trinajstić information content (AvgIpc) is 2.90. The van der Waals surface area contributed by atoms with Crippen LogP contribution in [0.15, 0.2) is 0 Å². The maximum Gasteiger partial charge on any atom is 0.251 e. The van der Waals surface area contributed by atoms with Crippen molar-refractivity contribution in [3.8, 4) is 0 Å². The van der Waals surface area contributed by atoms with Crippen LogP contribution in [-0.2, 0) is 9.53 Å². The lowest BCUT2D eigenvalue weighted by molar-refractivity contribution is -0.141. The highest BCUT2D eigenvalue weighted by Crippen LogP contribution is 2.16. The topological polar surface area (TPSA) is 41.6 Å². The summed E-state index contributed by atoms with van der Waals surface area (Å²) in [6.07, 6.45) is 5.49. The van der Waals surface area contributed by atoms with Crippen LogP contribution in [0.25, 0.3) is 0 Å². The summed E-state index contributed by atoms with van der Waals surface area (Å²) < 4.78 is 5.48. The standard InChI is InChI=1S/C13H24N2O2/c1-2-15(10-11-6-3-4-8-14-11)13(16)12-7-5-9-17-12/h11-12,14H,2-10H2,1H3. The number of ether oxygens (including phenoxy) is 1. The maximum absolute atomic E-state index is 12.2. The largest absolute Gasteiger partial charge is 0.368 e. The molecule has 0 aromatic heterocycles. The second kappa shape index (κ2) is 6.36. The Morgan fingerprint density at radius 2 is 2.24 bits per heavy atom. The van der Waals surface area contributed by atoms with Crippen LogP contribution in [0.3, 0.4) is 0 Å². The zero-order valence-corrected chi connectivity index (χ0v) is 10.8. The number of hydrogen-bond donors (Lipinski definition) is 1. The number of carbonyl (C=O) groups is 1. The Morgan fingerprint density at radius 3 is 2.82 bits per heavy atom. The second-order valence-electron chi connectivity index (χ2n) is 5.03. The van der Waals surface area contributed by atoms with E-state index in [0.29, 0.717) is 6.04 Å². The molecule has 2 heterocycles. The van der Waals surface area contributed by atoms with Crippen molar-refractivity contribution in [3.05, 3.63) is 0 Å². The van der Waals surface area contributed by atoms with Crippen LogP contribution in [0, 0.1) is 0 Å². The molecule has 1 amide bonds. The Morgan fingerprint density at radius 1 is 1.35 bits per heavy atom. The lowest BCUT2D eigenvalue weighted by Crippen LogP contribution is -2.48. The fourth-order valence-electron chi connectivity index (χ4n) is 2.70. The minimum atomic E-state index is -0.168. The molecule has 4 heteroatoms. The SMILES string of the molecule is CCN(CC1CCCCN1)C(=O)C1CCCO1. The molecule has 1 N–H and O–H groups in total. The number of piperidine rings is 1. The Balaban J connectivity index is 1.83. The summed E-state index contributed by atoms with van der Waals surface area (Å²) in [4.78, 5) is 14.2. The Bertz CT molecular complexity index is 246. The predicted molar refractivity (Wildman–Crippen MR) is 66.9 cm³/mol. The van der Waals surface area contributed by atoms with E-state index in [0.717, 1.165) is 39.1 Å². The molecule has 2 aliphatic heterocycles. The molecule has 0 bridgehead atoms. The molecule has 2 atom stereocenters. The van der Waals surface area contributed by atoms with Crippen molar-refractivity contribution in [2.45, 2.75) is 51.2 Å². The molecule has 98 valence electrons. The van der Waals surface area contributed by atoms with Gasteiger partial charge >= 0.3 is 0 Å². The highest BCUT2D eigenvalue weighted by molar-refractivity contribution is 5.81. The molecule has 0 aliphatic carbocycles. The number of nitrogens with one attached hydrogen (secondary N) is 1. The normalized spacial score (nSPS) is 29.2. The van der Waals surface area contributed by atoms with Gasteiger partial charge in [-0.15, -0.1) is 0 Å². The van der Waals surface area contributed by atoms with Crippen molar-refractivity contribution in [2.75, 3.05) is 26.2 Å². The van der Waals surface area contributed by atoms with Gasteiger partial charge in [-0.25, -0.2) is 0 Å². The summed E-state index contributed by atoms with van der Waals surface area (Å²) in [5, 5.41) is 3.49. The van der Waals surface area contributed by atoms with Gasteiger partial charge in [0, 0.05) is 25.7 Å². The number of hydrogen-bond acceptors (Lipinski definition) is 3. The zero-order chi connectivity index (χ0) is 12.1. The number of amides is 1. The van der Waals surface area contributed by atoms with Gasteiger partial charge in [0.2, 0.25) is 0 Å². The van der Waals surface area contributed by atoms with E-state index in [1.807, 2.05) is 4.90 Å². The molecule has 2 rings (SSSR count). The van der Waals surface area contributed by atoms with Gasteiger partial charge in [0.1, 0.15) is 6.10 Å². The first-order valence-corrected chi connectivity index (χ1v) is 6.95. The average molecular weight is 240 g/mol. The fraction of sp³-hybridized carbons (Fsp3) is 0.923. The quantitative estimate of drug-likeness (QED) is 0.801. The van der Waals surface area contributed by atoms with E-state index in [4.69, 9.17) is 4.74 Å². The van der Waals surface area contributed by atoms with Crippen LogP contribution in [0.4, 0.5) is 0 Å². The number of carbonyl (C=O) groups excluding carboxylic acids is 1. The van der Waals surface area contributed by atoms with Crippen molar-refractivity contribution < 1.29 is 9.53 Å². The van der Waals surface area contributed by atoms with Crippen LogP contribution in [0.1, 0.15) is 39.0 Å². The molecule has 17 heavy (non-hydrogen) atoms. The maximum atomic E-state index is 12.2. The van der Waals surface area contributed by atoms with Crippen LogP contribution in [0.2, 0.25) is 0 Å². The lowest BCUT2D eigenvalue weighted by atomic mass is 10.0. The molecule has 0 saturated carbocycles. The summed E-state index contributed by atoms with van der Waals surface area (Å²) >= 11 is 0. The fourth-order valence-corrected chi connectivity index (χ4v) is 2.70. The minimum Gasteiger partial charge on any atom is -0.368 e. The van der Waals surface area contributed by atoms with Gasteiger partial charge < -0.3 is 15.0 Å². The van der Waals surface area contributed by atoms with Gasteiger partial charge in [-0.05, 0) is 39.2 Å². The molecular formula is C13H24N2O2. The smallest absolute Gasteiger partial charge is 0.251 e. The summed E-state index contributed by atoms with van der Waals surface area (Å²) in [6, 6.07) is 0.481. The molecular weight excluding hydrogens is 216 g/mol. The second-order valence-corrected chi connectivity index (χ2v) is 5.03. The summed E-state index contributed by atoms with van der Waals surface area (Å²) in [7, 11) is 0. The van der Waals surface area contributed by atoms with E-state index in [2.05, 4.69) is 12.2 Å². The van der Waals surface area contributed by atoms with Gasteiger partial charge in [-0.2, -0.15) is 0 Å². The van der Waals surface area contributed by atoms with Gasteiger partial charge in [0.25, 0.3) is 5.91 Å². The number of likely N-dealkylation sites (N-methyl/N-ethyl adjacent to an activating group) is 1. The van der Waals surface area contributed by atoms with Crippen LogP contribution in [-0.4, -0.2) is 49.2 Å². The first-order valence-electron chi connectivity index (χ1n) is 6.95. The van der Waals surface area contributed by atoms with E-state index >= 15 is 0 Å². The van der Waals surface area contributed by atoms with Crippen LogP contribution in [0.5, 0.6) is 0 Å². The molecule has 0 spiro atoms. The van der Waals surface area contributed by atoms with Crippen LogP contribution >= 0.6 is 0 Å². The lowest BCUT2D eigenvalue weighted by Gasteiger charge is -2.31. The Kier molecular flexibility index (Phi) is 4.80. The molecule has 2 fully saturated rings. The molecule has 2 aliphatic rings. The molecule has 4 nitrogen and oxygen atoms in total. The van der Waals surface area contributed by atoms with E-state index in [1.54, 1.807) is 0 Å². The van der Waals surface area contributed by atoms with Crippen molar-refractivity contribution >= 4 is 5.91 Å². The molecule has 2 unspecified atom stereocenters. The summed E-state index contributed by atoms with van der Waals surface area (Å²) in [5.41, 5.74) is 0. The van der Waals surface area contributed by atoms with Crippen molar-refractivity contribution in [3.63, 3.8) is 0 Å². The molecule has 0 aromatic rings. The third kappa shape index (κ3) is 3.42. The zero-order valence-electron chi connectivity index (χ0n) is 10.8. The van der Waals surface area contributed by atoms with Crippen LogP contribution < -0.4 is 5.32 Å². The van der Waals surface area contributed by atoms with Crippen molar-refractivity contribution in [2.24, 2.45) is 0 Å². The molecule has 0 aromatic carbocycles. The predicted octanol–water partition coefficient (Wildman–Crippen LogP) is 1.16. The Hall–Kier alpha value is -0.610. The highest BCUT2D eigenvalue weighted by Gasteiger charge is 2.28. The number of nitrogens with zero attached hydrogens (tertiary/aromatic N) is 1. The van der Waals surface area contributed by atoms with E-state index < -0.39 is 0 Å². The van der Waals surface area contributed by atoms with Crippen molar-refractivity contribution in [1.82, 2.24) is 10.2 Å². The first-order chi connectivity index (χ1) is 8.31. The first kappa shape index (κ1) is 12.8. The third-order valence-electron chi connectivity index (χ3n) is 3.75. The Labute approximate surface area is 104 Å². The third-order valence-corrected chi connectivity index (χ3v) is 3.75. The monoisotopic (exact) mass is 240 g/mol. The highest BCUT2D eigenvalue weighted by atomic mass is 16.5. The van der Waals surface area contributed by atoms with Gasteiger partial charge in [0.15, 0.2) is 0 Å². The van der Waals surface area contributed by atoms with Gasteiger partial charge in [-0.1, -0.05) is 6.42 Å². The minimum absolute atomic E-state index is 0.168. The summed E-state index contributed by atoms with van der Waals surface area (Å²) in [5.74, 6) is 0.192. The summed E-state index contributed by atoms with van der Waals surface area (Å²) in [6.45, 7) is 5.52. The van der Waals surface area contributed by atoms with Crippen molar-refractivity contribution in [1.29, 1.82) is 0 Å². The van der Waals surface area contributed by atoms with E-state index in [9.17, 15) is 4.79 Å². The van der Waals surface area contributed by atoms with E-state index in [1.165, 1.54) is 19.3 Å². The number of rotatable bonds is 4. The van der Waals surface area contributed by atoms with Gasteiger partial charge in [-0.3, -0.25) is 4.79 Å². The molecule has 0 radical (unpaired) electrons. The van der Waals surface area contributed by atoms with E-state index in [-0.39, 0.29) is 12.0 Å².